The number of nitrogens with zero attached hydrogens (tertiary/aromatic N) is 4. The van der Waals surface area contributed by atoms with Gasteiger partial charge in [-0.2, -0.15) is 0 Å². The molecule has 0 aliphatic carbocycles. The molecule has 0 saturated carbocycles. The van der Waals surface area contributed by atoms with Crippen LogP contribution in [-0.2, 0) is 17.1 Å². The largest absolute Gasteiger partial charge is 2.00 e. The van der Waals surface area contributed by atoms with Crippen molar-refractivity contribution in [1.29, 1.82) is 0 Å². The van der Waals surface area contributed by atoms with Gasteiger partial charge in [0.05, 0.1) is 27.9 Å². The van der Waals surface area contributed by atoms with E-state index in [1.165, 1.54) is 0 Å². The number of pyridine rings is 3. The monoisotopic (exact) mass is 497 g/mol. The van der Waals surface area contributed by atoms with Gasteiger partial charge in [-0.1, -0.05) is 42.5 Å². The summed E-state index contributed by atoms with van der Waals surface area (Å²) < 4.78 is 0. The molecule has 0 aliphatic rings. The van der Waals surface area contributed by atoms with Crippen molar-refractivity contribution >= 4 is 0 Å². The molecule has 4 rings (SSSR count). The average molecular weight is 498 g/mol. The molecule has 0 aliphatic heterocycles. The maximum atomic E-state index is 8.25. The Labute approximate surface area is 201 Å². The first-order valence-corrected chi connectivity index (χ1v) is 9.37. The Bertz CT molecular complexity index is 928. The summed E-state index contributed by atoms with van der Waals surface area (Å²) in [4.78, 5) is 21.9. The van der Waals surface area contributed by atoms with Crippen LogP contribution in [0.15, 0.2) is 91.3 Å². The standard InChI is InChI=1S/C21H15N3.C2H6O.Cu.NO3.H2O/c1-2-8-16(9-3-1)17-14-20(18-10-4-6-12-22-18)24-21(15-17)19-11-5-7-13-23-19;1-2-3;;2-1(3)4;/h1-15H;3H,2H2,1H3;;;1H2/q;;+2;-1;/p-1. The third-order valence-electron chi connectivity index (χ3n) is 3.79. The Kier molecular flexibility index (Phi) is 14.2. The predicted octanol–water partition coefficient (Wildman–Crippen LogP) is 4.45. The molecule has 2 N–H and O–H groups in total. The molecule has 1 radical (unpaired) electrons. The quantitative estimate of drug-likeness (QED) is 0.247. The molecule has 9 nitrogen and oxygen atoms in total. The van der Waals surface area contributed by atoms with Crippen LogP contribution < -0.4 is 0 Å². The van der Waals surface area contributed by atoms with Crippen molar-refractivity contribution in [2.24, 2.45) is 0 Å². The zero-order valence-electron chi connectivity index (χ0n) is 17.6. The number of hydrogen-bond donors (Lipinski definition) is 1. The minimum absolute atomic E-state index is 0. The number of benzene rings is 1. The summed E-state index contributed by atoms with van der Waals surface area (Å²) in [6, 6.07) is 26.1. The van der Waals surface area contributed by atoms with Crippen molar-refractivity contribution < 1.29 is 32.7 Å². The van der Waals surface area contributed by atoms with E-state index in [0.717, 1.165) is 33.9 Å². The topological polar surface area (TPSA) is 155 Å². The van der Waals surface area contributed by atoms with Crippen molar-refractivity contribution in [2.45, 2.75) is 6.92 Å². The Morgan fingerprint density at radius 1 is 0.758 bits per heavy atom. The van der Waals surface area contributed by atoms with Crippen LogP contribution in [0.5, 0.6) is 0 Å². The van der Waals surface area contributed by atoms with Gasteiger partial charge in [-0.3, -0.25) is 9.97 Å². The molecule has 0 unspecified atom stereocenters. The van der Waals surface area contributed by atoms with E-state index in [2.05, 4.69) is 34.2 Å². The third kappa shape index (κ3) is 9.98. The fraction of sp³-hybridized carbons (Fsp3) is 0.0870. The second kappa shape index (κ2) is 16.0. The maximum absolute atomic E-state index is 8.25. The molecule has 175 valence electrons. The van der Waals surface area contributed by atoms with Gasteiger partial charge in [-0.25, -0.2) is 4.98 Å². The summed E-state index contributed by atoms with van der Waals surface area (Å²) in [5, 5.41) is 22.3. The second-order valence-corrected chi connectivity index (χ2v) is 5.96. The van der Waals surface area contributed by atoms with Crippen LogP contribution in [0.3, 0.4) is 0 Å². The molecule has 3 aromatic heterocycles. The van der Waals surface area contributed by atoms with Gasteiger partial charge < -0.3 is 25.9 Å². The summed E-state index contributed by atoms with van der Waals surface area (Å²) in [7, 11) is 0. The van der Waals surface area contributed by atoms with E-state index in [9.17, 15) is 0 Å². The molecule has 4 aromatic rings. The molecule has 0 bridgehead atoms. The van der Waals surface area contributed by atoms with Gasteiger partial charge in [0.1, 0.15) is 0 Å². The van der Waals surface area contributed by atoms with Crippen LogP contribution in [0.1, 0.15) is 6.92 Å². The van der Waals surface area contributed by atoms with Crippen LogP contribution in [0.4, 0.5) is 0 Å². The fourth-order valence-electron chi connectivity index (χ4n) is 2.62. The molecular formula is C23H22CuN4O5. The van der Waals surface area contributed by atoms with E-state index in [1.54, 1.807) is 19.3 Å². The molecule has 0 amide bonds. The van der Waals surface area contributed by atoms with Crippen LogP contribution in [0.2, 0.25) is 0 Å². The molecule has 0 fully saturated rings. The summed E-state index contributed by atoms with van der Waals surface area (Å²) in [5.74, 6) is 0. The second-order valence-electron chi connectivity index (χ2n) is 5.96. The van der Waals surface area contributed by atoms with Gasteiger partial charge in [0, 0.05) is 19.0 Å². The number of aromatic nitrogens is 3. The summed E-state index contributed by atoms with van der Waals surface area (Å²) in [6.07, 6.45) is 3.57. The molecule has 0 saturated heterocycles. The Hall–Kier alpha value is -3.69. The molecule has 0 atom stereocenters. The zero-order chi connectivity index (χ0) is 22.5. The number of aliphatic hydroxyl groups is 1. The van der Waals surface area contributed by atoms with Gasteiger partial charge in [-0.05, 0) is 54.4 Å². The van der Waals surface area contributed by atoms with Crippen LogP contribution in [-0.4, -0.2) is 37.2 Å². The fourth-order valence-corrected chi connectivity index (χ4v) is 2.62. The normalized spacial score (nSPS) is 8.91. The van der Waals surface area contributed by atoms with Crippen LogP contribution in [0, 0.1) is 15.3 Å². The van der Waals surface area contributed by atoms with Gasteiger partial charge in [-0.15, -0.1) is 0 Å². The van der Waals surface area contributed by atoms with Crippen molar-refractivity contribution in [2.75, 3.05) is 6.61 Å². The SMILES string of the molecule is CCO.O=[N+]([O-])[O-].[Cu+2].[OH-].c1ccc(-c2cc(-c3ccccn3)nc(-c3ccccn3)c2)cc1. The smallest absolute Gasteiger partial charge is 0.870 e. The molecular weight excluding hydrogens is 476 g/mol. The summed E-state index contributed by atoms with van der Waals surface area (Å²) >= 11 is 0. The molecule has 10 heteroatoms. The van der Waals surface area contributed by atoms with Crippen molar-refractivity contribution in [3.05, 3.63) is 107 Å². The van der Waals surface area contributed by atoms with E-state index in [-0.39, 0.29) is 29.2 Å². The molecule has 0 spiro atoms. The first-order chi connectivity index (χ1) is 15.0. The van der Waals surface area contributed by atoms with Crippen LogP contribution >= 0.6 is 0 Å². The Morgan fingerprint density at radius 2 is 1.15 bits per heavy atom. The van der Waals surface area contributed by atoms with E-state index in [0.29, 0.717) is 0 Å². The van der Waals surface area contributed by atoms with Crippen molar-refractivity contribution in [3.8, 4) is 33.9 Å². The number of hydrogen-bond acceptors (Lipinski definition) is 8. The minimum Gasteiger partial charge on any atom is -0.870 e. The first-order valence-electron chi connectivity index (χ1n) is 9.37. The van der Waals surface area contributed by atoms with E-state index in [4.69, 9.17) is 25.4 Å². The molecule has 1 aromatic carbocycles. The average Bonchev–Trinajstić information content (AvgIpc) is 2.81. The third-order valence-corrected chi connectivity index (χ3v) is 3.79. The summed E-state index contributed by atoms with van der Waals surface area (Å²) in [5.41, 5.74) is 5.65. The minimum atomic E-state index is -1.75. The first kappa shape index (κ1) is 29.3. The molecule has 3 heterocycles. The van der Waals surface area contributed by atoms with Crippen LogP contribution in [0.25, 0.3) is 33.9 Å². The van der Waals surface area contributed by atoms with Gasteiger partial charge in [0.2, 0.25) is 0 Å². The van der Waals surface area contributed by atoms with E-state index >= 15 is 0 Å². The van der Waals surface area contributed by atoms with Gasteiger partial charge in [0.15, 0.2) is 0 Å². The van der Waals surface area contributed by atoms with E-state index < -0.39 is 5.09 Å². The van der Waals surface area contributed by atoms with Crippen molar-refractivity contribution in [3.63, 3.8) is 0 Å². The zero-order valence-corrected chi connectivity index (χ0v) is 18.5. The predicted molar refractivity (Wildman–Crippen MR) is 121 cm³/mol. The van der Waals surface area contributed by atoms with Gasteiger partial charge >= 0.3 is 17.1 Å². The molecule has 33 heavy (non-hydrogen) atoms. The Balaban J connectivity index is 0.00000101. The summed E-state index contributed by atoms with van der Waals surface area (Å²) in [6.45, 7) is 1.93. The number of aliphatic hydroxyl groups excluding tert-OH is 1. The van der Waals surface area contributed by atoms with Gasteiger partial charge in [0.25, 0.3) is 0 Å². The number of rotatable bonds is 3. The maximum Gasteiger partial charge on any atom is 2.00 e. The van der Waals surface area contributed by atoms with E-state index in [1.807, 2.05) is 54.6 Å². The van der Waals surface area contributed by atoms with Crippen molar-refractivity contribution in [1.82, 2.24) is 15.0 Å². The Morgan fingerprint density at radius 3 is 1.52 bits per heavy atom.